The summed E-state index contributed by atoms with van der Waals surface area (Å²) in [6.07, 6.45) is 2.26. The lowest BCUT2D eigenvalue weighted by molar-refractivity contribution is -0.113. The molecular formula is C38H30BrN3O3S. The molecule has 0 bridgehead atoms. The monoisotopic (exact) mass is 687 g/mol. The molecule has 0 saturated carbocycles. The van der Waals surface area contributed by atoms with Crippen LogP contribution < -0.4 is 10.6 Å². The minimum absolute atomic E-state index is 0.00248. The quantitative estimate of drug-likeness (QED) is 0.117. The average Bonchev–Trinajstić information content (AvgIpc) is 3.42. The molecule has 0 saturated heterocycles. The van der Waals surface area contributed by atoms with Crippen molar-refractivity contribution in [3.05, 3.63) is 149 Å². The van der Waals surface area contributed by atoms with Crippen molar-refractivity contribution in [3.8, 4) is 0 Å². The van der Waals surface area contributed by atoms with Crippen LogP contribution in [0.15, 0.2) is 142 Å². The van der Waals surface area contributed by atoms with Crippen LogP contribution in [0, 0.1) is 0 Å². The SMILES string of the molecule is CCC(Sc1cccc(NC(=O)/C(=C/c2ccc(Br)cc2)NC(=O)c2ccccc2)c1)C(=O)n1c2ccccc2c2ccccc21. The lowest BCUT2D eigenvalue weighted by Gasteiger charge is -2.17. The molecule has 0 spiro atoms. The van der Waals surface area contributed by atoms with Crippen LogP contribution in [0.4, 0.5) is 5.69 Å². The predicted molar refractivity (Wildman–Crippen MR) is 191 cm³/mol. The maximum atomic E-state index is 14.1. The number of hydrogen-bond donors (Lipinski definition) is 2. The molecule has 2 N–H and O–H groups in total. The maximum Gasteiger partial charge on any atom is 0.272 e. The van der Waals surface area contributed by atoms with E-state index in [9.17, 15) is 14.4 Å². The van der Waals surface area contributed by atoms with Gasteiger partial charge < -0.3 is 10.6 Å². The lowest BCUT2D eigenvalue weighted by atomic mass is 10.1. The highest BCUT2D eigenvalue weighted by molar-refractivity contribution is 9.10. The fourth-order valence-electron chi connectivity index (χ4n) is 5.29. The number of aromatic nitrogens is 1. The topological polar surface area (TPSA) is 80.2 Å². The third-order valence-electron chi connectivity index (χ3n) is 7.53. The van der Waals surface area contributed by atoms with E-state index in [1.165, 1.54) is 11.8 Å². The van der Waals surface area contributed by atoms with Crippen LogP contribution in [-0.2, 0) is 4.79 Å². The van der Waals surface area contributed by atoms with Crippen LogP contribution in [0.2, 0.25) is 0 Å². The third-order valence-corrected chi connectivity index (χ3v) is 9.40. The normalized spacial score (nSPS) is 12.2. The van der Waals surface area contributed by atoms with E-state index in [0.717, 1.165) is 36.7 Å². The number of benzene rings is 5. The number of nitrogens with zero attached hydrogens (tertiary/aromatic N) is 1. The van der Waals surface area contributed by atoms with Gasteiger partial charge in [0.2, 0.25) is 5.91 Å². The Morgan fingerprint density at radius 1 is 0.783 bits per heavy atom. The molecule has 1 aromatic heterocycles. The summed E-state index contributed by atoms with van der Waals surface area (Å²) in [6, 6.07) is 39.5. The summed E-state index contributed by atoms with van der Waals surface area (Å²) in [6.45, 7) is 2.00. The number of rotatable bonds is 9. The Kier molecular flexibility index (Phi) is 9.47. The molecule has 228 valence electrons. The molecule has 5 aromatic carbocycles. The molecular weight excluding hydrogens is 658 g/mol. The molecule has 46 heavy (non-hydrogen) atoms. The Balaban J connectivity index is 1.24. The van der Waals surface area contributed by atoms with Crippen molar-refractivity contribution < 1.29 is 14.4 Å². The fraction of sp³-hybridized carbons (Fsp3) is 0.0789. The van der Waals surface area contributed by atoms with E-state index in [0.29, 0.717) is 17.7 Å². The van der Waals surface area contributed by atoms with Crippen LogP contribution in [0.5, 0.6) is 0 Å². The highest BCUT2D eigenvalue weighted by atomic mass is 79.9. The van der Waals surface area contributed by atoms with Crippen LogP contribution in [-0.4, -0.2) is 27.5 Å². The summed E-state index contributed by atoms with van der Waals surface area (Å²) in [5.41, 5.74) is 3.61. The van der Waals surface area contributed by atoms with Crippen LogP contribution in [0.25, 0.3) is 27.9 Å². The number of carbonyl (C=O) groups is 3. The summed E-state index contributed by atoms with van der Waals surface area (Å²) in [5, 5.41) is 7.44. The number of hydrogen-bond acceptors (Lipinski definition) is 4. The summed E-state index contributed by atoms with van der Waals surface area (Å²) in [4.78, 5) is 41.5. The van der Waals surface area contributed by atoms with Crippen molar-refractivity contribution in [2.75, 3.05) is 5.32 Å². The second-order valence-electron chi connectivity index (χ2n) is 10.6. The first-order valence-electron chi connectivity index (χ1n) is 14.9. The van der Waals surface area contributed by atoms with Gasteiger partial charge in [-0.25, -0.2) is 0 Å². The van der Waals surface area contributed by atoms with Gasteiger partial charge in [0.15, 0.2) is 0 Å². The molecule has 0 aliphatic rings. The lowest BCUT2D eigenvalue weighted by Crippen LogP contribution is -2.30. The van der Waals surface area contributed by atoms with Crippen LogP contribution in [0.3, 0.4) is 0 Å². The van der Waals surface area contributed by atoms with E-state index >= 15 is 0 Å². The number of amides is 2. The number of nitrogens with one attached hydrogen (secondary N) is 2. The van der Waals surface area contributed by atoms with Crippen LogP contribution >= 0.6 is 27.7 Å². The van der Waals surface area contributed by atoms with E-state index in [-0.39, 0.29) is 16.9 Å². The van der Waals surface area contributed by atoms with Crippen molar-refractivity contribution in [3.63, 3.8) is 0 Å². The predicted octanol–water partition coefficient (Wildman–Crippen LogP) is 9.18. The van der Waals surface area contributed by atoms with Gasteiger partial charge in [0.05, 0.1) is 16.3 Å². The van der Waals surface area contributed by atoms with Crippen molar-refractivity contribution in [1.82, 2.24) is 9.88 Å². The summed E-state index contributed by atoms with van der Waals surface area (Å²) in [5.74, 6) is -0.858. The Morgan fingerprint density at radius 3 is 2.07 bits per heavy atom. The maximum absolute atomic E-state index is 14.1. The average molecular weight is 689 g/mol. The smallest absolute Gasteiger partial charge is 0.272 e. The van der Waals surface area contributed by atoms with E-state index < -0.39 is 11.8 Å². The zero-order chi connectivity index (χ0) is 32.0. The Hall–Kier alpha value is -4.92. The Labute approximate surface area is 279 Å². The van der Waals surface area contributed by atoms with Gasteiger partial charge in [-0.3, -0.25) is 19.0 Å². The second kappa shape index (κ2) is 14.0. The first-order chi connectivity index (χ1) is 22.4. The highest BCUT2D eigenvalue weighted by Crippen LogP contribution is 2.33. The van der Waals surface area contributed by atoms with Crippen molar-refractivity contribution in [2.45, 2.75) is 23.5 Å². The number of para-hydroxylation sites is 2. The molecule has 0 aliphatic heterocycles. The molecule has 6 rings (SSSR count). The van der Waals surface area contributed by atoms with E-state index in [1.807, 2.05) is 109 Å². The van der Waals surface area contributed by atoms with Crippen molar-refractivity contribution >= 4 is 79.0 Å². The molecule has 2 amide bonds. The zero-order valence-electron chi connectivity index (χ0n) is 24.9. The van der Waals surface area contributed by atoms with E-state index in [1.54, 1.807) is 36.4 Å². The first-order valence-corrected chi connectivity index (χ1v) is 16.5. The summed E-state index contributed by atoms with van der Waals surface area (Å²) < 4.78 is 2.73. The largest absolute Gasteiger partial charge is 0.321 e. The third kappa shape index (κ3) is 6.83. The molecule has 0 fully saturated rings. The summed E-state index contributed by atoms with van der Waals surface area (Å²) >= 11 is 4.89. The minimum atomic E-state index is -0.470. The van der Waals surface area contributed by atoms with Gasteiger partial charge in [0, 0.05) is 31.4 Å². The number of carbonyl (C=O) groups excluding carboxylic acids is 3. The molecule has 1 unspecified atom stereocenters. The highest BCUT2D eigenvalue weighted by Gasteiger charge is 2.24. The molecule has 1 atom stereocenters. The van der Waals surface area contributed by atoms with Crippen molar-refractivity contribution in [2.24, 2.45) is 0 Å². The van der Waals surface area contributed by atoms with Gasteiger partial charge in [-0.05, 0) is 72.7 Å². The standard InChI is InChI=1S/C38H30BrN3O3S/c1-2-35(38(45)42-33-17-8-6-15-30(33)31-16-7-9-18-34(31)42)46-29-14-10-13-28(24-29)40-37(44)32(23-25-19-21-27(39)22-20-25)41-36(43)26-11-4-3-5-12-26/h3-24,35H,2H2,1H3,(H,40,44)(H,41,43)/b32-23-. The molecule has 1 heterocycles. The zero-order valence-corrected chi connectivity index (χ0v) is 27.3. The van der Waals surface area contributed by atoms with Gasteiger partial charge in [0.1, 0.15) is 5.70 Å². The van der Waals surface area contributed by atoms with Gasteiger partial charge in [-0.1, -0.05) is 95.7 Å². The van der Waals surface area contributed by atoms with Gasteiger partial charge in [-0.2, -0.15) is 0 Å². The van der Waals surface area contributed by atoms with Gasteiger partial charge in [-0.15, -0.1) is 11.8 Å². The van der Waals surface area contributed by atoms with Gasteiger partial charge in [0.25, 0.3) is 11.8 Å². The molecule has 6 nitrogen and oxygen atoms in total. The second-order valence-corrected chi connectivity index (χ2v) is 12.8. The fourth-order valence-corrected chi connectivity index (χ4v) is 6.61. The number of fused-ring (bicyclic) bond motifs is 3. The van der Waals surface area contributed by atoms with Crippen LogP contribution in [0.1, 0.15) is 34.1 Å². The minimum Gasteiger partial charge on any atom is -0.321 e. The number of anilines is 1. The molecule has 0 radical (unpaired) electrons. The number of thioether (sulfide) groups is 1. The Bertz CT molecular complexity index is 2030. The number of halogens is 1. The van der Waals surface area contributed by atoms with Crippen molar-refractivity contribution in [1.29, 1.82) is 0 Å². The Morgan fingerprint density at radius 2 is 1.41 bits per heavy atom. The first kappa shape index (κ1) is 31.1. The van der Waals surface area contributed by atoms with E-state index in [2.05, 4.69) is 26.6 Å². The van der Waals surface area contributed by atoms with E-state index in [4.69, 9.17) is 0 Å². The molecule has 0 aliphatic carbocycles. The summed E-state index contributed by atoms with van der Waals surface area (Å²) in [7, 11) is 0. The molecule has 6 aromatic rings. The van der Waals surface area contributed by atoms with Gasteiger partial charge >= 0.3 is 0 Å². The molecule has 8 heteroatoms.